The summed E-state index contributed by atoms with van der Waals surface area (Å²) in [5.41, 5.74) is 2.54. The van der Waals surface area contributed by atoms with Crippen molar-refractivity contribution < 1.29 is 8.78 Å². The molecular weight excluding hydrogens is 417 g/mol. The van der Waals surface area contributed by atoms with E-state index in [-0.39, 0.29) is 28.5 Å². The van der Waals surface area contributed by atoms with Gasteiger partial charge in [0.15, 0.2) is 0 Å². The number of hydrogen-bond acceptors (Lipinski definition) is 0. The Bertz CT molecular complexity index is 663. The largest absolute Gasteiger partial charge is 0.207 e. The van der Waals surface area contributed by atoms with Gasteiger partial charge in [-0.25, -0.2) is 8.78 Å². The third-order valence-electron chi connectivity index (χ3n) is 3.73. The van der Waals surface area contributed by atoms with Gasteiger partial charge in [0.25, 0.3) is 0 Å². The average Bonchev–Trinajstić information content (AvgIpc) is 2.41. The summed E-state index contributed by atoms with van der Waals surface area (Å²) in [4.78, 5) is 0. The van der Waals surface area contributed by atoms with E-state index in [0.717, 1.165) is 14.7 Å². The smallest absolute Gasteiger partial charge is 0.145 e. The first-order chi connectivity index (χ1) is 10.3. The SMILES string of the molecule is CC(C)c1cc(CC(C)c2cc(F)cc(I)c2)cc(Cl)c1F. The molecule has 0 saturated carbocycles. The van der Waals surface area contributed by atoms with Gasteiger partial charge in [-0.05, 0) is 81.8 Å². The Labute approximate surface area is 149 Å². The average molecular weight is 435 g/mol. The molecule has 0 saturated heterocycles. The monoisotopic (exact) mass is 434 g/mol. The van der Waals surface area contributed by atoms with Crippen LogP contribution < -0.4 is 0 Å². The molecule has 2 rings (SSSR count). The van der Waals surface area contributed by atoms with Crippen molar-refractivity contribution in [2.45, 2.75) is 39.0 Å². The molecule has 118 valence electrons. The van der Waals surface area contributed by atoms with Crippen LogP contribution in [0.15, 0.2) is 30.3 Å². The van der Waals surface area contributed by atoms with Crippen molar-refractivity contribution in [3.05, 3.63) is 67.2 Å². The first-order valence-corrected chi connectivity index (χ1v) is 8.67. The summed E-state index contributed by atoms with van der Waals surface area (Å²) in [6.45, 7) is 5.92. The summed E-state index contributed by atoms with van der Waals surface area (Å²) in [5, 5.41) is 0.155. The Balaban J connectivity index is 2.30. The molecule has 0 bridgehead atoms. The minimum Gasteiger partial charge on any atom is -0.207 e. The second-order valence-electron chi connectivity index (χ2n) is 5.94. The molecule has 2 aromatic carbocycles. The topological polar surface area (TPSA) is 0 Å². The summed E-state index contributed by atoms with van der Waals surface area (Å²) in [7, 11) is 0. The third kappa shape index (κ3) is 4.19. The first kappa shape index (κ1) is 17.7. The van der Waals surface area contributed by atoms with Gasteiger partial charge in [-0.3, -0.25) is 0 Å². The highest BCUT2D eigenvalue weighted by Gasteiger charge is 2.15. The zero-order valence-electron chi connectivity index (χ0n) is 12.8. The summed E-state index contributed by atoms with van der Waals surface area (Å²) in [6, 6.07) is 8.57. The third-order valence-corrected chi connectivity index (χ3v) is 4.63. The number of halogens is 4. The van der Waals surface area contributed by atoms with E-state index in [4.69, 9.17) is 11.6 Å². The first-order valence-electron chi connectivity index (χ1n) is 7.21. The van der Waals surface area contributed by atoms with Crippen LogP contribution in [0.1, 0.15) is 49.3 Å². The fraction of sp³-hybridized carbons (Fsp3) is 0.333. The molecule has 0 spiro atoms. The lowest BCUT2D eigenvalue weighted by Gasteiger charge is -2.16. The van der Waals surface area contributed by atoms with Crippen molar-refractivity contribution >= 4 is 34.2 Å². The van der Waals surface area contributed by atoms with Gasteiger partial charge in [0.1, 0.15) is 11.6 Å². The normalized spacial score (nSPS) is 12.7. The Morgan fingerprint density at radius 2 is 1.73 bits per heavy atom. The standard InChI is InChI=1S/C18H18ClF2I/c1-10(2)16-5-12(6-17(19)18(16)21)4-11(3)13-7-14(20)9-15(22)8-13/h5-11H,4H2,1-3H3. The van der Waals surface area contributed by atoms with Crippen LogP contribution in [0, 0.1) is 15.2 Å². The van der Waals surface area contributed by atoms with Crippen molar-refractivity contribution in [2.75, 3.05) is 0 Å². The predicted molar refractivity (Wildman–Crippen MR) is 96.7 cm³/mol. The van der Waals surface area contributed by atoms with Crippen LogP contribution in [0.4, 0.5) is 8.78 Å². The van der Waals surface area contributed by atoms with Gasteiger partial charge in [-0.2, -0.15) is 0 Å². The molecular formula is C18H18ClF2I. The van der Waals surface area contributed by atoms with E-state index in [1.807, 2.05) is 32.9 Å². The van der Waals surface area contributed by atoms with Crippen LogP contribution in [0.2, 0.25) is 5.02 Å². The van der Waals surface area contributed by atoms with E-state index >= 15 is 0 Å². The lowest BCUT2D eigenvalue weighted by Crippen LogP contribution is -2.03. The zero-order chi connectivity index (χ0) is 16.4. The number of rotatable bonds is 4. The molecule has 4 heteroatoms. The fourth-order valence-corrected chi connectivity index (χ4v) is 3.44. The molecule has 0 heterocycles. The highest BCUT2D eigenvalue weighted by atomic mass is 127. The Morgan fingerprint density at radius 3 is 2.32 bits per heavy atom. The van der Waals surface area contributed by atoms with Crippen LogP contribution in [-0.2, 0) is 6.42 Å². The lowest BCUT2D eigenvalue weighted by atomic mass is 9.91. The molecule has 0 aromatic heterocycles. The van der Waals surface area contributed by atoms with E-state index in [1.165, 1.54) is 6.07 Å². The van der Waals surface area contributed by atoms with Crippen LogP contribution >= 0.6 is 34.2 Å². The van der Waals surface area contributed by atoms with E-state index < -0.39 is 0 Å². The fourth-order valence-electron chi connectivity index (χ4n) is 2.54. The highest BCUT2D eigenvalue weighted by Crippen LogP contribution is 2.30. The summed E-state index contributed by atoms with van der Waals surface area (Å²) in [5.74, 6) is -0.365. The predicted octanol–water partition coefficient (Wildman–Crippen LogP) is 6.69. The highest BCUT2D eigenvalue weighted by molar-refractivity contribution is 14.1. The van der Waals surface area contributed by atoms with E-state index in [0.29, 0.717) is 12.0 Å². The molecule has 1 unspecified atom stereocenters. The van der Waals surface area contributed by atoms with Gasteiger partial charge < -0.3 is 0 Å². The van der Waals surface area contributed by atoms with Gasteiger partial charge >= 0.3 is 0 Å². The van der Waals surface area contributed by atoms with Gasteiger partial charge in [-0.1, -0.05) is 38.4 Å². The van der Waals surface area contributed by atoms with Crippen LogP contribution in [0.3, 0.4) is 0 Å². The molecule has 1 atom stereocenters. The molecule has 0 aliphatic heterocycles. The second-order valence-corrected chi connectivity index (χ2v) is 7.60. The molecule has 0 nitrogen and oxygen atoms in total. The maximum Gasteiger partial charge on any atom is 0.145 e. The van der Waals surface area contributed by atoms with Crippen molar-refractivity contribution in [3.8, 4) is 0 Å². The van der Waals surface area contributed by atoms with Crippen molar-refractivity contribution in [1.82, 2.24) is 0 Å². The van der Waals surface area contributed by atoms with E-state index in [1.54, 1.807) is 12.1 Å². The maximum atomic E-state index is 14.0. The molecule has 22 heavy (non-hydrogen) atoms. The van der Waals surface area contributed by atoms with Crippen molar-refractivity contribution in [3.63, 3.8) is 0 Å². The van der Waals surface area contributed by atoms with Crippen LogP contribution in [-0.4, -0.2) is 0 Å². The minimum absolute atomic E-state index is 0.0721. The molecule has 0 radical (unpaired) electrons. The van der Waals surface area contributed by atoms with Crippen LogP contribution in [0.5, 0.6) is 0 Å². The molecule has 2 aromatic rings. The Hall–Kier alpha value is -0.680. The quantitative estimate of drug-likeness (QED) is 0.470. The molecule has 0 amide bonds. The van der Waals surface area contributed by atoms with Gasteiger partial charge in [-0.15, -0.1) is 0 Å². The molecule has 0 aliphatic carbocycles. The van der Waals surface area contributed by atoms with Crippen molar-refractivity contribution in [2.24, 2.45) is 0 Å². The van der Waals surface area contributed by atoms with E-state index in [9.17, 15) is 8.78 Å². The molecule has 0 N–H and O–H groups in total. The Kier molecular flexibility index (Phi) is 5.83. The second kappa shape index (κ2) is 7.26. The van der Waals surface area contributed by atoms with E-state index in [2.05, 4.69) is 22.6 Å². The molecule has 0 fully saturated rings. The molecule has 0 aliphatic rings. The van der Waals surface area contributed by atoms with Gasteiger partial charge in [0.2, 0.25) is 0 Å². The van der Waals surface area contributed by atoms with Gasteiger partial charge in [0, 0.05) is 3.57 Å². The number of hydrogen-bond donors (Lipinski definition) is 0. The summed E-state index contributed by atoms with van der Waals surface area (Å²) < 4.78 is 28.4. The number of benzene rings is 2. The Morgan fingerprint density at radius 1 is 1.05 bits per heavy atom. The lowest BCUT2D eigenvalue weighted by molar-refractivity contribution is 0.596. The summed E-state index contributed by atoms with van der Waals surface area (Å²) in [6.07, 6.45) is 0.694. The maximum absolute atomic E-state index is 14.0. The zero-order valence-corrected chi connectivity index (χ0v) is 15.7. The van der Waals surface area contributed by atoms with Crippen LogP contribution in [0.25, 0.3) is 0 Å². The summed E-state index contributed by atoms with van der Waals surface area (Å²) >= 11 is 8.12. The van der Waals surface area contributed by atoms with Crippen molar-refractivity contribution in [1.29, 1.82) is 0 Å². The van der Waals surface area contributed by atoms with Gasteiger partial charge in [0.05, 0.1) is 5.02 Å². The minimum atomic E-state index is -0.339.